The first-order chi connectivity index (χ1) is 9.72. The lowest BCUT2D eigenvalue weighted by Crippen LogP contribution is -2.39. The monoisotopic (exact) mass is 389 g/mol. The van der Waals surface area contributed by atoms with Crippen LogP contribution in [0.2, 0.25) is 0 Å². The van der Waals surface area contributed by atoms with E-state index in [9.17, 15) is 21.6 Å². The van der Waals surface area contributed by atoms with E-state index >= 15 is 0 Å². The van der Waals surface area contributed by atoms with Crippen LogP contribution in [0.4, 0.5) is 13.2 Å². The summed E-state index contributed by atoms with van der Waals surface area (Å²) in [6.07, 6.45) is -4.35. The van der Waals surface area contributed by atoms with Gasteiger partial charge in [0.1, 0.15) is 0 Å². The standard InChI is InChI=1S/C12H15BrF3NO3S/c1-20-8-9(6-7-13)17-21(18,19)11-5-3-2-4-10(11)12(14,15)16/h2-5,9,17H,6-8H2,1H3. The zero-order chi connectivity index (χ0) is 16.1. The molecule has 1 aromatic carbocycles. The molecule has 0 aliphatic rings. The van der Waals surface area contributed by atoms with Gasteiger partial charge in [0.05, 0.1) is 17.1 Å². The van der Waals surface area contributed by atoms with E-state index < -0.39 is 32.7 Å². The van der Waals surface area contributed by atoms with Crippen molar-refractivity contribution in [2.75, 3.05) is 19.0 Å². The summed E-state index contributed by atoms with van der Waals surface area (Å²) in [7, 11) is -2.90. The summed E-state index contributed by atoms with van der Waals surface area (Å²) < 4.78 is 70.1. The Bertz CT molecular complexity index is 557. The Morgan fingerprint density at radius 1 is 1.33 bits per heavy atom. The van der Waals surface area contributed by atoms with Crippen LogP contribution in [0.15, 0.2) is 29.2 Å². The molecule has 0 saturated heterocycles. The summed E-state index contributed by atoms with van der Waals surface area (Å²) in [4.78, 5) is -0.784. The van der Waals surface area contributed by atoms with Crippen LogP contribution in [0, 0.1) is 0 Å². The second-order valence-corrected chi connectivity index (χ2v) is 6.72. The molecule has 0 aliphatic heterocycles. The molecule has 0 heterocycles. The largest absolute Gasteiger partial charge is 0.417 e. The number of hydrogen-bond acceptors (Lipinski definition) is 3. The lowest BCUT2D eigenvalue weighted by atomic mass is 10.2. The summed E-state index contributed by atoms with van der Waals surface area (Å²) in [5, 5.41) is 0.491. The van der Waals surface area contributed by atoms with E-state index in [1.165, 1.54) is 13.2 Å². The summed E-state index contributed by atoms with van der Waals surface area (Å²) in [6.45, 7) is 0.0685. The van der Waals surface area contributed by atoms with Crippen LogP contribution in [0.5, 0.6) is 0 Å². The average Bonchev–Trinajstić information content (AvgIpc) is 2.38. The Morgan fingerprint density at radius 2 is 1.95 bits per heavy atom. The summed E-state index contributed by atoms with van der Waals surface area (Å²) in [5.74, 6) is 0. The first-order valence-corrected chi connectivity index (χ1v) is 8.56. The third-order valence-corrected chi connectivity index (χ3v) is 4.67. The first kappa shape index (κ1) is 18.4. The van der Waals surface area contributed by atoms with Crippen molar-refractivity contribution in [2.24, 2.45) is 0 Å². The van der Waals surface area contributed by atoms with Crippen LogP contribution < -0.4 is 4.72 Å². The molecule has 1 rings (SSSR count). The van der Waals surface area contributed by atoms with E-state index in [0.29, 0.717) is 11.8 Å². The van der Waals surface area contributed by atoms with E-state index in [4.69, 9.17) is 4.74 Å². The quantitative estimate of drug-likeness (QED) is 0.729. The Labute approximate surface area is 129 Å². The molecule has 0 spiro atoms. The lowest BCUT2D eigenvalue weighted by molar-refractivity contribution is -0.139. The van der Waals surface area contributed by atoms with Gasteiger partial charge in [-0.25, -0.2) is 13.1 Å². The Morgan fingerprint density at radius 3 is 2.48 bits per heavy atom. The second-order valence-electron chi connectivity index (χ2n) is 4.25. The van der Waals surface area contributed by atoms with Gasteiger partial charge in [-0.1, -0.05) is 28.1 Å². The number of halogens is 4. The van der Waals surface area contributed by atoms with E-state index in [1.807, 2.05) is 0 Å². The van der Waals surface area contributed by atoms with Gasteiger partial charge in [-0.2, -0.15) is 13.2 Å². The van der Waals surface area contributed by atoms with Crippen molar-refractivity contribution in [1.29, 1.82) is 0 Å². The van der Waals surface area contributed by atoms with Gasteiger partial charge in [-0.15, -0.1) is 0 Å². The van der Waals surface area contributed by atoms with Gasteiger partial charge in [-0.3, -0.25) is 0 Å². The number of rotatable bonds is 7. The topological polar surface area (TPSA) is 55.4 Å². The Kier molecular flexibility index (Phi) is 6.64. The molecule has 4 nitrogen and oxygen atoms in total. The maximum atomic E-state index is 12.9. The fraction of sp³-hybridized carbons (Fsp3) is 0.500. The summed E-state index contributed by atoms with van der Waals surface area (Å²) >= 11 is 3.16. The zero-order valence-corrected chi connectivity index (χ0v) is 13.6. The third kappa shape index (κ3) is 5.24. The predicted molar refractivity (Wildman–Crippen MR) is 75.8 cm³/mol. The lowest BCUT2D eigenvalue weighted by Gasteiger charge is -2.19. The number of sulfonamides is 1. The van der Waals surface area contributed by atoms with Gasteiger partial charge in [0.15, 0.2) is 0 Å². The summed E-state index contributed by atoms with van der Waals surface area (Å²) in [5.41, 5.74) is -1.19. The van der Waals surface area contributed by atoms with Crippen molar-refractivity contribution in [3.63, 3.8) is 0 Å². The van der Waals surface area contributed by atoms with Crippen LogP contribution in [0.25, 0.3) is 0 Å². The number of methoxy groups -OCH3 is 1. The minimum atomic E-state index is -4.74. The van der Waals surface area contributed by atoms with Crippen molar-refractivity contribution in [3.8, 4) is 0 Å². The van der Waals surface area contributed by atoms with Crippen molar-refractivity contribution < 1.29 is 26.3 Å². The van der Waals surface area contributed by atoms with Gasteiger partial charge in [-0.05, 0) is 18.6 Å². The molecule has 1 unspecified atom stereocenters. The number of nitrogens with one attached hydrogen (secondary N) is 1. The van der Waals surface area contributed by atoms with E-state index in [1.54, 1.807) is 0 Å². The molecule has 0 fully saturated rings. The van der Waals surface area contributed by atoms with Crippen LogP contribution in [0.1, 0.15) is 12.0 Å². The van der Waals surface area contributed by atoms with Gasteiger partial charge >= 0.3 is 6.18 Å². The first-order valence-electron chi connectivity index (χ1n) is 5.96. The molecule has 21 heavy (non-hydrogen) atoms. The van der Waals surface area contributed by atoms with E-state index in [0.717, 1.165) is 18.2 Å². The highest BCUT2D eigenvalue weighted by atomic mass is 79.9. The zero-order valence-electron chi connectivity index (χ0n) is 11.2. The molecule has 1 N–H and O–H groups in total. The maximum absolute atomic E-state index is 12.9. The molecule has 9 heteroatoms. The Balaban J connectivity index is 3.13. The third-order valence-electron chi connectivity index (χ3n) is 2.63. The molecule has 120 valence electrons. The average molecular weight is 390 g/mol. The minimum absolute atomic E-state index is 0.0685. The van der Waals surface area contributed by atoms with Crippen molar-refractivity contribution in [1.82, 2.24) is 4.72 Å². The fourth-order valence-electron chi connectivity index (χ4n) is 1.73. The predicted octanol–water partition coefficient (Wildman–Crippen LogP) is 2.78. The fourth-order valence-corrected chi connectivity index (χ4v) is 3.76. The molecule has 0 aromatic heterocycles. The molecule has 1 atom stereocenters. The maximum Gasteiger partial charge on any atom is 0.417 e. The smallest absolute Gasteiger partial charge is 0.383 e. The molecule has 1 aromatic rings. The SMILES string of the molecule is COCC(CCBr)NS(=O)(=O)c1ccccc1C(F)(F)F. The van der Waals surface area contributed by atoms with Gasteiger partial charge in [0.25, 0.3) is 0 Å². The highest BCUT2D eigenvalue weighted by Gasteiger charge is 2.37. The molecular formula is C12H15BrF3NO3S. The van der Waals surface area contributed by atoms with Crippen LogP contribution in [-0.4, -0.2) is 33.5 Å². The second kappa shape index (κ2) is 7.57. The van der Waals surface area contributed by atoms with Crippen molar-refractivity contribution >= 4 is 26.0 Å². The molecule has 0 radical (unpaired) electrons. The van der Waals surface area contributed by atoms with Crippen molar-refractivity contribution in [3.05, 3.63) is 29.8 Å². The molecular weight excluding hydrogens is 375 g/mol. The number of alkyl halides is 4. The van der Waals surface area contributed by atoms with Crippen molar-refractivity contribution in [2.45, 2.75) is 23.5 Å². The normalized spacial score (nSPS) is 14.1. The highest BCUT2D eigenvalue weighted by Crippen LogP contribution is 2.33. The van der Waals surface area contributed by atoms with Crippen LogP contribution in [-0.2, 0) is 20.9 Å². The van der Waals surface area contributed by atoms with E-state index in [-0.39, 0.29) is 6.61 Å². The van der Waals surface area contributed by atoms with Gasteiger partial charge in [0.2, 0.25) is 10.0 Å². The number of benzene rings is 1. The molecule has 0 saturated carbocycles. The number of ether oxygens (including phenoxy) is 1. The van der Waals surface area contributed by atoms with E-state index in [2.05, 4.69) is 20.7 Å². The number of hydrogen-bond donors (Lipinski definition) is 1. The van der Waals surface area contributed by atoms with Crippen LogP contribution in [0.3, 0.4) is 0 Å². The van der Waals surface area contributed by atoms with Gasteiger partial charge < -0.3 is 4.74 Å². The molecule has 0 bridgehead atoms. The summed E-state index contributed by atoms with van der Waals surface area (Å²) in [6, 6.07) is 3.46. The highest BCUT2D eigenvalue weighted by molar-refractivity contribution is 9.09. The van der Waals surface area contributed by atoms with Crippen LogP contribution >= 0.6 is 15.9 Å². The Hall–Kier alpha value is -0.640. The molecule has 0 aliphatic carbocycles. The van der Waals surface area contributed by atoms with Gasteiger partial charge in [0, 0.05) is 18.5 Å². The molecule has 0 amide bonds. The minimum Gasteiger partial charge on any atom is -0.383 e.